The average Bonchev–Trinajstić information content (AvgIpc) is 2.98. The standard InChI is InChI=1S/C11H10N4O2/c16-10(17)9-7-2-1-3-8(7)13-11(14-9)15-5-4-12-6-15/h4-6H,1-3H2,(H,16,17). The first-order chi connectivity index (χ1) is 8.25. The summed E-state index contributed by atoms with van der Waals surface area (Å²) in [5.74, 6) is -0.618. The summed E-state index contributed by atoms with van der Waals surface area (Å²) < 4.78 is 1.62. The van der Waals surface area contributed by atoms with Crippen LogP contribution in [0.25, 0.3) is 5.95 Å². The summed E-state index contributed by atoms with van der Waals surface area (Å²) in [5.41, 5.74) is 1.75. The zero-order valence-corrected chi connectivity index (χ0v) is 9.00. The van der Waals surface area contributed by atoms with Gasteiger partial charge in [-0.15, -0.1) is 0 Å². The van der Waals surface area contributed by atoms with Gasteiger partial charge in [-0.05, 0) is 19.3 Å². The third-order valence-corrected chi connectivity index (χ3v) is 2.86. The number of rotatable bonds is 2. The van der Waals surface area contributed by atoms with Gasteiger partial charge in [-0.2, -0.15) is 0 Å². The Morgan fingerprint density at radius 2 is 2.24 bits per heavy atom. The van der Waals surface area contributed by atoms with Gasteiger partial charge in [-0.25, -0.2) is 19.7 Å². The van der Waals surface area contributed by atoms with Crippen LogP contribution in [0.1, 0.15) is 28.2 Å². The Hall–Kier alpha value is -2.24. The zero-order valence-electron chi connectivity index (χ0n) is 9.00. The molecule has 0 bridgehead atoms. The van der Waals surface area contributed by atoms with E-state index in [1.54, 1.807) is 23.3 Å². The van der Waals surface area contributed by atoms with Gasteiger partial charge >= 0.3 is 5.97 Å². The summed E-state index contributed by atoms with van der Waals surface area (Å²) in [6.07, 6.45) is 7.38. The Balaban J connectivity index is 2.20. The summed E-state index contributed by atoms with van der Waals surface area (Å²) in [5, 5.41) is 9.16. The third-order valence-electron chi connectivity index (χ3n) is 2.86. The van der Waals surface area contributed by atoms with E-state index in [9.17, 15) is 4.79 Å². The van der Waals surface area contributed by atoms with E-state index in [0.29, 0.717) is 5.95 Å². The minimum atomic E-state index is -0.994. The molecule has 2 aromatic heterocycles. The summed E-state index contributed by atoms with van der Waals surface area (Å²) >= 11 is 0. The normalized spacial score (nSPS) is 13.6. The van der Waals surface area contributed by atoms with Crippen molar-refractivity contribution in [3.63, 3.8) is 0 Å². The first-order valence-corrected chi connectivity index (χ1v) is 5.37. The third kappa shape index (κ3) is 1.57. The van der Waals surface area contributed by atoms with Crippen LogP contribution in [0, 0.1) is 0 Å². The Labute approximate surface area is 97.0 Å². The van der Waals surface area contributed by atoms with Crippen LogP contribution in [0.2, 0.25) is 0 Å². The van der Waals surface area contributed by atoms with E-state index in [4.69, 9.17) is 5.11 Å². The molecule has 0 amide bonds. The van der Waals surface area contributed by atoms with Crippen molar-refractivity contribution < 1.29 is 9.90 Å². The van der Waals surface area contributed by atoms with E-state index in [0.717, 1.165) is 30.5 Å². The van der Waals surface area contributed by atoms with Crippen molar-refractivity contribution in [2.75, 3.05) is 0 Å². The van der Waals surface area contributed by atoms with Gasteiger partial charge in [-0.1, -0.05) is 0 Å². The molecule has 1 aliphatic carbocycles. The van der Waals surface area contributed by atoms with E-state index >= 15 is 0 Å². The summed E-state index contributed by atoms with van der Waals surface area (Å²) in [6, 6.07) is 0. The Morgan fingerprint density at radius 3 is 2.94 bits per heavy atom. The topological polar surface area (TPSA) is 80.9 Å². The second-order valence-corrected chi connectivity index (χ2v) is 3.93. The number of carboxylic acid groups (broad SMARTS) is 1. The fourth-order valence-corrected chi connectivity index (χ4v) is 2.09. The highest BCUT2D eigenvalue weighted by Gasteiger charge is 2.23. The van der Waals surface area contributed by atoms with Crippen molar-refractivity contribution in [3.8, 4) is 5.95 Å². The molecule has 1 N–H and O–H groups in total. The predicted molar refractivity (Wildman–Crippen MR) is 58.1 cm³/mol. The number of carboxylic acids is 1. The lowest BCUT2D eigenvalue weighted by molar-refractivity contribution is 0.0689. The highest BCUT2D eigenvalue weighted by Crippen LogP contribution is 2.23. The molecule has 6 heteroatoms. The van der Waals surface area contributed by atoms with Crippen LogP contribution >= 0.6 is 0 Å². The molecule has 0 saturated carbocycles. The monoisotopic (exact) mass is 230 g/mol. The van der Waals surface area contributed by atoms with Crippen molar-refractivity contribution in [2.45, 2.75) is 19.3 Å². The highest BCUT2D eigenvalue weighted by molar-refractivity contribution is 5.87. The number of aromatic nitrogens is 4. The van der Waals surface area contributed by atoms with Crippen LogP contribution < -0.4 is 0 Å². The molecular formula is C11H10N4O2. The fourth-order valence-electron chi connectivity index (χ4n) is 2.09. The summed E-state index contributed by atoms with van der Waals surface area (Å²) in [6.45, 7) is 0. The number of hydrogen-bond donors (Lipinski definition) is 1. The summed E-state index contributed by atoms with van der Waals surface area (Å²) in [4.78, 5) is 23.6. The van der Waals surface area contributed by atoms with Crippen LogP contribution in [0.15, 0.2) is 18.7 Å². The van der Waals surface area contributed by atoms with E-state index in [2.05, 4.69) is 15.0 Å². The molecule has 0 spiro atoms. The van der Waals surface area contributed by atoms with Crippen molar-refractivity contribution in [2.24, 2.45) is 0 Å². The number of aryl methyl sites for hydroxylation is 1. The van der Waals surface area contributed by atoms with E-state index in [1.165, 1.54) is 0 Å². The molecule has 0 unspecified atom stereocenters. The molecule has 0 saturated heterocycles. The molecule has 0 radical (unpaired) electrons. The van der Waals surface area contributed by atoms with Crippen molar-refractivity contribution in [1.82, 2.24) is 19.5 Å². The second kappa shape index (κ2) is 3.65. The minimum Gasteiger partial charge on any atom is -0.476 e. The average molecular weight is 230 g/mol. The van der Waals surface area contributed by atoms with Crippen molar-refractivity contribution >= 4 is 5.97 Å². The van der Waals surface area contributed by atoms with Crippen LogP contribution in [-0.2, 0) is 12.8 Å². The molecule has 0 aromatic carbocycles. The number of hydrogen-bond acceptors (Lipinski definition) is 4. The molecule has 0 fully saturated rings. The lowest BCUT2D eigenvalue weighted by Gasteiger charge is -2.06. The number of fused-ring (bicyclic) bond motifs is 1. The summed E-state index contributed by atoms with van der Waals surface area (Å²) in [7, 11) is 0. The molecule has 1 aliphatic rings. The van der Waals surface area contributed by atoms with Crippen molar-refractivity contribution in [1.29, 1.82) is 0 Å². The molecule has 3 rings (SSSR count). The molecule has 17 heavy (non-hydrogen) atoms. The maximum absolute atomic E-state index is 11.2. The number of carbonyl (C=O) groups is 1. The lowest BCUT2D eigenvalue weighted by atomic mass is 10.2. The fraction of sp³-hybridized carbons (Fsp3) is 0.273. The molecular weight excluding hydrogens is 220 g/mol. The Morgan fingerprint density at radius 1 is 1.35 bits per heavy atom. The number of nitrogens with zero attached hydrogens (tertiary/aromatic N) is 4. The minimum absolute atomic E-state index is 0.121. The Bertz CT molecular complexity index is 577. The van der Waals surface area contributed by atoms with Gasteiger partial charge in [0.05, 0.1) is 5.69 Å². The van der Waals surface area contributed by atoms with Crippen molar-refractivity contribution in [3.05, 3.63) is 35.7 Å². The smallest absolute Gasteiger partial charge is 0.354 e. The first-order valence-electron chi connectivity index (χ1n) is 5.37. The van der Waals surface area contributed by atoms with Gasteiger partial charge in [0.1, 0.15) is 6.33 Å². The second-order valence-electron chi connectivity index (χ2n) is 3.93. The maximum atomic E-state index is 11.2. The van der Waals surface area contributed by atoms with Crippen LogP contribution in [0.3, 0.4) is 0 Å². The van der Waals surface area contributed by atoms with E-state index < -0.39 is 5.97 Å². The van der Waals surface area contributed by atoms with Gasteiger partial charge in [-0.3, -0.25) is 4.57 Å². The van der Waals surface area contributed by atoms with E-state index in [1.807, 2.05) is 0 Å². The van der Waals surface area contributed by atoms with Gasteiger partial charge in [0.2, 0.25) is 5.95 Å². The van der Waals surface area contributed by atoms with Gasteiger partial charge in [0, 0.05) is 18.0 Å². The van der Waals surface area contributed by atoms with Gasteiger partial charge in [0.25, 0.3) is 0 Å². The van der Waals surface area contributed by atoms with Crippen LogP contribution in [-0.4, -0.2) is 30.6 Å². The predicted octanol–water partition coefficient (Wildman–Crippen LogP) is 0.849. The number of aromatic carboxylic acids is 1. The molecule has 6 nitrogen and oxygen atoms in total. The van der Waals surface area contributed by atoms with Crippen LogP contribution in [0.5, 0.6) is 0 Å². The molecule has 2 aromatic rings. The molecule has 86 valence electrons. The zero-order chi connectivity index (χ0) is 11.8. The van der Waals surface area contributed by atoms with E-state index in [-0.39, 0.29) is 5.69 Å². The quantitative estimate of drug-likeness (QED) is 0.827. The van der Waals surface area contributed by atoms with Gasteiger partial charge in [0.15, 0.2) is 5.69 Å². The Kier molecular flexibility index (Phi) is 2.14. The van der Waals surface area contributed by atoms with Gasteiger partial charge < -0.3 is 5.11 Å². The largest absolute Gasteiger partial charge is 0.476 e. The first kappa shape index (κ1) is 9.95. The highest BCUT2D eigenvalue weighted by atomic mass is 16.4. The molecule has 0 aliphatic heterocycles. The lowest BCUT2D eigenvalue weighted by Crippen LogP contribution is -2.11. The maximum Gasteiger partial charge on any atom is 0.354 e. The molecule has 0 atom stereocenters. The SMILES string of the molecule is O=C(O)c1nc(-n2ccnc2)nc2c1CCC2. The van der Waals surface area contributed by atoms with Crippen LogP contribution in [0.4, 0.5) is 0 Å². The number of imidazole rings is 1. The molecule has 2 heterocycles.